The Morgan fingerprint density at radius 2 is 1.52 bits per heavy atom. The number of hydrogen-bond acceptors (Lipinski definition) is 5. The Morgan fingerprint density at radius 1 is 0.925 bits per heavy atom. The van der Waals surface area contributed by atoms with Gasteiger partial charge in [0.25, 0.3) is 0 Å². The number of nitrogens with zero attached hydrogens (tertiary/aromatic N) is 2. The molecule has 0 saturated heterocycles. The van der Waals surface area contributed by atoms with Crippen LogP contribution in [0.4, 0.5) is 5.69 Å². The van der Waals surface area contributed by atoms with Crippen LogP contribution in [0.2, 0.25) is 0 Å². The summed E-state index contributed by atoms with van der Waals surface area (Å²) in [5.74, 6) is -0.511. The van der Waals surface area contributed by atoms with Crippen LogP contribution >= 0.6 is 0 Å². The van der Waals surface area contributed by atoms with Crippen LogP contribution in [-0.2, 0) is 32.6 Å². The summed E-state index contributed by atoms with van der Waals surface area (Å²) in [5, 5.41) is 3.02. The van der Waals surface area contributed by atoms with Gasteiger partial charge in [0.15, 0.2) is 0 Å². The number of hydrogen-bond donors (Lipinski definition) is 1. The van der Waals surface area contributed by atoms with Crippen molar-refractivity contribution < 1.29 is 22.7 Å². The lowest BCUT2D eigenvalue weighted by atomic mass is 10.00. The second-order valence-electron chi connectivity index (χ2n) is 10.8. The number of carbonyl (C=O) groups is 2. The molecule has 3 aromatic carbocycles. The topological polar surface area (TPSA) is 96.0 Å². The van der Waals surface area contributed by atoms with Gasteiger partial charge in [-0.05, 0) is 56.5 Å². The van der Waals surface area contributed by atoms with E-state index in [2.05, 4.69) is 5.32 Å². The molecule has 3 aromatic rings. The molecule has 0 radical (unpaired) electrons. The summed E-state index contributed by atoms with van der Waals surface area (Å²) in [6.45, 7) is 7.21. The van der Waals surface area contributed by atoms with Crippen LogP contribution in [0.25, 0.3) is 0 Å². The summed E-state index contributed by atoms with van der Waals surface area (Å²) in [4.78, 5) is 29.5. The minimum Gasteiger partial charge on any atom is -0.495 e. The number of ether oxygens (including phenoxy) is 1. The zero-order chi connectivity index (χ0) is 29.5. The van der Waals surface area contributed by atoms with E-state index in [1.54, 1.807) is 24.3 Å². The van der Waals surface area contributed by atoms with Gasteiger partial charge in [-0.3, -0.25) is 13.9 Å². The Bertz CT molecular complexity index is 1420. The van der Waals surface area contributed by atoms with Crippen LogP contribution in [0.15, 0.2) is 78.9 Å². The van der Waals surface area contributed by atoms with Crippen molar-refractivity contribution in [2.24, 2.45) is 0 Å². The average Bonchev–Trinajstić information content (AvgIpc) is 2.89. The molecule has 0 spiro atoms. The van der Waals surface area contributed by atoms with Gasteiger partial charge in [0, 0.05) is 18.5 Å². The highest BCUT2D eigenvalue weighted by molar-refractivity contribution is 7.92. The van der Waals surface area contributed by atoms with Crippen molar-refractivity contribution >= 4 is 27.5 Å². The van der Waals surface area contributed by atoms with Crippen LogP contribution < -0.4 is 14.4 Å². The van der Waals surface area contributed by atoms with E-state index in [-0.39, 0.29) is 24.6 Å². The molecule has 0 heterocycles. The highest BCUT2D eigenvalue weighted by Crippen LogP contribution is 2.30. The van der Waals surface area contributed by atoms with Gasteiger partial charge in [0.05, 0.1) is 19.1 Å². The van der Waals surface area contributed by atoms with Gasteiger partial charge in [0.2, 0.25) is 21.8 Å². The molecular weight excluding hydrogens is 526 g/mol. The predicted octanol–water partition coefficient (Wildman–Crippen LogP) is 4.32. The van der Waals surface area contributed by atoms with Gasteiger partial charge in [-0.2, -0.15) is 0 Å². The van der Waals surface area contributed by atoms with Crippen molar-refractivity contribution in [3.63, 3.8) is 0 Å². The maximum absolute atomic E-state index is 14.2. The average molecular weight is 566 g/mol. The molecule has 0 aliphatic heterocycles. The fourth-order valence-corrected chi connectivity index (χ4v) is 5.26. The molecule has 3 rings (SSSR count). The Kier molecular flexibility index (Phi) is 9.98. The van der Waals surface area contributed by atoms with Crippen molar-refractivity contribution in [2.45, 2.75) is 52.2 Å². The summed E-state index contributed by atoms with van der Waals surface area (Å²) in [6, 6.07) is 22.8. The summed E-state index contributed by atoms with van der Waals surface area (Å²) in [6.07, 6.45) is 1.31. The number of rotatable bonds is 11. The monoisotopic (exact) mass is 565 g/mol. The third-order valence-corrected chi connectivity index (χ3v) is 7.53. The molecule has 0 aromatic heterocycles. The smallest absolute Gasteiger partial charge is 0.244 e. The molecule has 2 amide bonds. The van der Waals surface area contributed by atoms with Gasteiger partial charge in [-0.25, -0.2) is 8.42 Å². The van der Waals surface area contributed by atoms with Crippen molar-refractivity contribution in [1.82, 2.24) is 10.2 Å². The number of para-hydroxylation sites is 2. The minimum absolute atomic E-state index is 0.129. The summed E-state index contributed by atoms with van der Waals surface area (Å²) in [5.41, 5.74) is 2.40. The maximum Gasteiger partial charge on any atom is 0.244 e. The lowest BCUT2D eigenvalue weighted by Crippen LogP contribution is -2.56. The van der Waals surface area contributed by atoms with Gasteiger partial charge in [0.1, 0.15) is 18.3 Å². The number of amides is 2. The summed E-state index contributed by atoms with van der Waals surface area (Å²) in [7, 11) is -2.45. The Hall–Kier alpha value is -3.85. The number of nitrogens with one attached hydrogen (secondary N) is 1. The molecule has 9 heteroatoms. The van der Waals surface area contributed by atoms with E-state index in [9.17, 15) is 18.0 Å². The van der Waals surface area contributed by atoms with Crippen LogP contribution in [0.3, 0.4) is 0 Å². The zero-order valence-corrected chi connectivity index (χ0v) is 24.9. The first-order valence-electron chi connectivity index (χ1n) is 13.1. The SMILES string of the molecule is COc1ccccc1N(CC(=O)N(Cc1ccccc1C)[C@@H](Cc1ccccc1)C(=O)NC(C)(C)C)S(C)(=O)=O. The minimum atomic E-state index is -3.89. The molecule has 0 aliphatic carbocycles. The normalized spacial score (nSPS) is 12.3. The molecular formula is C31H39N3O5S. The molecule has 8 nitrogen and oxygen atoms in total. The first-order valence-corrected chi connectivity index (χ1v) is 15.0. The number of methoxy groups -OCH3 is 1. The second-order valence-corrected chi connectivity index (χ2v) is 12.7. The van der Waals surface area contributed by atoms with Crippen molar-refractivity contribution in [1.29, 1.82) is 0 Å². The molecule has 40 heavy (non-hydrogen) atoms. The zero-order valence-electron chi connectivity index (χ0n) is 24.0. The number of sulfonamides is 1. The summed E-state index contributed by atoms with van der Waals surface area (Å²) < 4.78 is 32.4. The molecule has 1 atom stereocenters. The van der Waals surface area contributed by atoms with E-state index in [4.69, 9.17) is 4.74 Å². The van der Waals surface area contributed by atoms with Crippen molar-refractivity contribution in [3.05, 3.63) is 95.6 Å². The number of aryl methyl sites for hydroxylation is 1. The van der Waals surface area contributed by atoms with Crippen molar-refractivity contribution in [3.8, 4) is 5.75 Å². The standard InChI is InChI=1S/C31H39N3O5S/c1-23-14-10-11-17-25(23)21-33(27(30(36)32-31(2,3)4)20-24-15-8-7-9-16-24)29(35)22-34(40(6,37)38)26-18-12-13-19-28(26)39-5/h7-19,27H,20-22H2,1-6H3,(H,32,36)/t27-/m0/s1. The van der Waals surface area contributed by atoms with E-state index >= 15 is 0 Å². The van der Waals surface area contributed by atoms with E-state index in [0.717, 1.165) is 27.3 Å². The molecule has 0 saturated carbocycles. The van der Waals surface area contributed by atoms with Crippen LogP contribution in [0.5, 0.6) is 5.75 Å². The Morgan fingerprint density at radius 3 is 2.12 bits per heavy atom. The molecule has 0 fully saturated rings. The molecule has 1 N–H and O–H groups in total. The molecule has 0 unspecified atom stereocenters. The lowest BCUT2D eigenvalue weighted by Gasteiger charge is -2.35. The fourth-order valence-electron chi connectivity index (χ4n) is 4.41. The third kappa shape index (κ3) is 8.32. The maximum atomic E-state index is 14.2. The largest absolute Gasteiger partial charge is 0.495 e. The Labute approximate surface area is 238 Å². The van der Waals surface area contributed by atoms with E-state index in [0.29, 0.717) is 5.75 Å². The van der Waals surface area contributed by atoms with Crippen molar-refractivity contribution in [2.75, 3.05) is 24.2 Å². The number of benzene rings is 3. The highest BCUT2D eigenvalue weighted by atomic mass is 32.2. The first-order chi connectivity index (χ1) is 18.8. The fraction of sp³-hybridized carbons (Fsp3) is 0.355. The van der Waals surface area contributed by atoms with E-state index in [1.807, 2.05) is 82.3 Å². The van der Waals surface area contributed by atoms with Gasteiger partial charge < -0.3 is 15.0 Å². The number of carbonyl (C=O) groups excluding carboxylic acids is 2. The molecule has 0 aliphatic rings. The molecule has 214 valence electrons. The first kappa shape index (κ1) is 30.7. The summed E-state index contributed by atoms with van der Waals surface area (Å²) >= 11 is 0. The highest BCUT2D eigenvalue weighted by Gasteiger charge is 2.35. The predicted molar refractivity (Wildman–Crippen MR) is 159 cm³/mol. The Balaban J connectivity index is 2.11. The van der Waals surface area contributed by atoms with Gasteiger partial charge >= 0.3 is 0 Å². The quantitative estimate of drug-likeness (QED) is 0.374. The number of anilines is 1. The van der Waals surface area contributed by atoms with Crippen LogP contribution in [0.1, 0.15) is 37.5 Å². The second kappa shape index (κ2) is 13.0. The van der Waals surface area contributed by atoms with E-state index < -0.39 is 34.1 Å². The third-order valence-electron chi connectivity index (χ3n) is 6.40. The van der Waals surface area contributed by atoms with E-state index in [1.165, 1.54) is 12.0 Å². The van der Waals surface area contributed by atoms with Crippen LogP contribution in [0, 0.1) is 6.92 Å². The van der Waals surface area contributed by atoms with Crippen LogP contribution in [-0.4, -0.2) is 56.6 Å². The van der Waals surface area contributed by atoms with Gasteiger partial charge in [-0.15, -0.1) is 0 Å². The molecule has 0 bridgehead atoms. The van der Waals surface area contributed by atoms with Gasteiger partial charge in [-0.1, -0.05) is 66.7 Å². The lowest BCUT2D eigenvalue weighted by molar-refractivity contribution is -0.140.